The van der Waals surface area contributed by atoms with Gasteiger partial charge in [-0.25, -0.2) is 4.98 Å². The van der Waals surface area contributed by atoms with E-state index in [0.29, 0.717) is 45.7 Å². The van der Waals surface area contributed by atoms with E-state index in [0.717, 1.165) is 16.7 Å². The molecule has 1 heterocycles. The predicted molar refractivity (Wildman–Crippen MR) is 118 cm³/mol. The van der Waals surface area contributed by atoms with Gasteiger partial charge in [-0.2, -0.15) is 0 Å². The molecule has 0 unspecified atom stereocenters. The Hall–Kier alpha value is -3.87. The van der Waals surface area contributed by atoms with Gasteiger partial charge in [-0.3, -0.25) is 0 Å². The van der Waals surface area contributed by atoms with Gasteiger partial charge in [0.15, 0.2) is 17.1 Å². The second-order valence-electron chi connectivity index (χ2n) is 6.69. The van der Waals surface area contributed by atoms with E-state index in [9.17, 15) is 0 Å². The fourth-order valence-corrected chi connectivity index (χ4v) is 3.47. The fraction of sp³-hybridized carbons (Fsp3) is 0.208. The van der Waals surface area contributed by atoms with Crippen LogP contribution >= 0.6 is 0 Å². The molecule has 7 heteroatoms. The van der Waals surface area contributed by atoms with Crippen molar-refractivity contribution in [2.75, 3.05) is 35.5 Å². The standard InChI is InChI=1S/C24H23NO6/c1-26-16-9-15(10-17(13-16)27-2)24-25-22-18(7-6-8-19(22)31-24)14-11-20(28-3)23(30-5)21(12-14)29-4/h6-13H,1-5H3. The van der Waals surface area contributed by atoms with Crippen LogP contribution in [0, 0.1) is 0 Å². The smallest absolute Gasteiger partial charge is 0.227 e. The Morgan fingerprint density at radius 3 is 1.87 bits per heavy atom. The number of rotatable bonds is 7. The van der Waals surface area contributed by atoms with E-state index in [1.54, 1.807) is 41.6 Å². The number of methoxy groups -OCH3 is 5. The topological polar surface area (TPSA) is 72.2 Å². The summed E-state index contributed by atoms with van der Waals surface area (Å²) in [5.74, 6) is 3.44. The van der Waals surface area contributed by atoms with Crippen molar-refractivity contribution in [2.45, 2.75) is 0 Å². The highest BCUT2D eigenvalue weighted by Gasteiger charge is 2.18. The third kappa shape index (κ3) is 3.70. The molecule has 4 aromatic rings. The zero-order valence-electron chi connectivity index (χ0n) is 18.0. The van der Waals surface area contributed by atoms with Gasteiger partial charge < -0.3 is 28.1 Å². The van der Waals surface area contributed by atoms with Crippen LogP contribution in [-0.2, 0) is 0 Å². The Balaban J connectivity index is 1.88. The number of benzene rings is 3. The van der Waals surface area contributed by atoms with Crippen molar-refractivity contribution in [1.29, 1.82) is 0 Å². The summed E-state index contributed by atoms with van der Waals surface area (Å²) < 4.78 is 33.2. The van der Waals surface area contributed by atoms with Crippen LogP contribution in [0.4, 0.5) is 0 Å². The first-order valence-corrected chi connectivity index (χ1v) is 9.55. The maximum atomic E-state index is 6.06. The molecule has 160 valence electrons. The number of para-hydroxylation sites is 1. The van der Waals surface area contributed by atoms with Crippen LogP contribution in [0.3, 0.4) is 0 Å². The quantitative estimate of drug-likeness (QED) is 0.406. The van der Waals surface area contributed by atoms with Gasteiger partial charge in [0.05, 0.1) is 35.5 Å². The van der Waals surface area contributed by atoms with Crippen molar-refractivity contribution in [3.8, 4) is 51.3 Å². The molecule has 0 bridgehead atoms. The SMILES string of the molecule is COc1cc(OC)cc(-c2nc3c(-c4cc(OC)c(OC)c(OC)c4)cccc3o2)c1. The van der Waals surface area contributed by atoms with E-state index in [1.165, 1.54) is 0 Å². The van der Waals surface area contributed by atoms with Gasteiger partial charge in [0, 0.05) is 17.2 Å². The van der Waals surface area contributed by atoms with Gasteiger partial charge in [0.1, 0.15) is 17.0 Å². The summed E-state index contributed by atoms with van der Waals surface area (Å²) in [6.45, 7) is 0. The Morgan fingerprint density at radius 2 is 1.32 bits per heavy atom. The number of hydrogen-bond donors (Lipinski definition) is 0. The molecule has 1 aromatic heterocycles. The minimum Gasteiger partial charge on any atom is -0.497 e. The number of oxazole rings is 1. The number of hydrogen-bond acceptors (Lipinski definition) is 7. The van der Waals surface area contributed by atoms with E-state index < -0.39 is 0 Å². The summed E-state index contributed by atoms with van der Waals surface area (Å²) in [6, 6.07) is 15.1. The maximum absolute atomic E-state index is 6.06. The van der Waals surface area contributed by atoms with Gasteiger partial charge in [0.25, 0.3) is 0 Å². The highest BCUT2D eigenvalue weighted by Crippen LogP contribution is 2.43. The van der Waals surface area contributed by atoms with Crippen LogP contribution in [-0.4, -0.2) is 40.5 Å². The summed E-state index contributed by atoms with van der Waals surface area (Å²) in [5.41, 5.74) is 3.87. The van der Waals surface area contributed by atoms with Gasteiger partial charge in [-0.15, -0.1) is 0 Å². The predicted octanol–water partition coefficient (Wildman–Crippen LogP) is 5.20. The summed E-state index contributed by atoms with van der Waals surface area (Å²) in [4.78, 5) is 4.77. The van der Waals surface area contributed by atoms with Gasteiger partial charge in [-0.05, 0) is 35.9 Å². The minimum absolute atomic E-state index is 0.465. The summed E-state index contributed by atoms with van der Waals surface area (Å²) >= 11 is 0. The number of nitrogens with zero attached hydrogens (tertiary/aromatic N) is 1. The highest BCUT2D eigenvalue weighted by atomic mass is 16.5. The Labute approximate surface area is 180 Å². The normalized spacial score (nSPS) is 10.7. The second-order valence-corrected chi connectivity index (χ2v) is 6.69. The molecule has 4 rings (SSSR count). The number of aromatic nitrogens is 1. The molecule has 3 aromatic carbocycles. The second kappa shape index (κ2) is 8.47. The Bertz CT molecular complexity index is 1180. The van der Waals surface area contributed by atoms with Crippen molar-refractivity contribution in [3.63, 3.8) is 0 Å². The average Bonchev–Trinajstić information content (AvgIpc) is 3.27. The van der Waals surface area contributed by atoms with E-state index in [2.05, 4.69) is 0 Å². The molecule has 0 fully saturated rings. The monoisotopic (exact) mass is 421 g/mol. The van der Waals surface area contributed by atoms with Gasteiger partial charge >= 0.3 is 0 Å². The molecule has 31 heavy (non-hydrogen) atoms. The molecule has 0 saturated heterocycles. The Morgan fingerprint density at radius 1 is 0.677 bits per heavy atom. The number of fused-ring (bicyclic) bond motifs is 1. The highest BCUT2D eigenvalue weighted by molar-refractivity contribution is 5.93. The van der Waals surface area contributed by atoms with Crippen molar-refractivity contribution in [1.82, 2.24) is 4.98 Å². The molecule has 0 radical (unpaired) electrons. The zero-order valence-corrected chi connectivity index (χ0v) is 18.0. The average molecular weight is 421 g/mol. The van der Waals surface area contributed by atoms with Crippen molar-refractivity contribution in [2.24, 2.45) is 0 Å². The molecule has 0 amide bonds. The molecule has 0 saturated carbocycles. The van der Waals surface area contributed by atoms with E-state index in [1.807, 2.05) is 42.5 Å². The lowest BCUT2D eigenvalue weighted by Gasteiger charge is -2.14. The molecule has 0 aliphatic carbocycles. The number of ether oxygens (including phenoxy) is 5. The van der Waals surface area contributed by atoms with Gasteiger partial charge in [0.2, 0.25) is 11.6 Å². The van der Waals surface area contributed by atoms with Crippen molar-refractivity contribution < 1.29 is 28.1 Å². The van der Waals surface area contributed by atoms with Crippen LogP contribution in [0.25, 0.3) is 33.7 Å². The summed E-state index contributed by atoms with van der Waals surface area (Å²) in [6.07, 6.45) is 0. The first-order chi connectivity index (χ1) is 15.1. The van der Waals surface area contributed by atoms with Crippen LogP contribution < -0.4 is 23.7 Å². The van der Waals surface area contributed by atoms with E-state index in [4.69, 9.17) is 33.1 Å². The first kappa shape index (κ1) is 20.4. The van der Waals surface area contributed by atoms with E-state index in [-0.39, 0.29) is 0 Å². The zero-order chi connectivity index (χ0) is 22.0. The lowest BCUT2D eigenvalue weighted by Crippen LogP contribution is -1.96. The van der Waals surface area contributed by atoms with Crippen LogP contribution in [0.2, 0.25) is 0 Å². The van der Waals surface area contributed by atoms with Crippen molar-refractivity contribution >= 4 is 11.1 Å². The largest absolute Gasteiger partial charge is 0.497 e. The summed E-state index contributed by atoms with van der Waals surface area (Å²) in [5, 5.41) is 0. The third-order valence-electron chi connectivity index (χ3n) is 4.99. The fourth-order valence-electron chi connectivity index (χ4n) is 3.47. The molecule has 0 atom stereocenters. The summed E-state index contributed by atoms with van der Waals surface area (Å²) in [7, 11) is 7.96. The maximum Gasteiger partial charge on any atom is 0.227 e. The van der Waals surface area contributed by atoms with Crippen LogP contribution in [0.5, 0.6) is 28.7 Å². The van der Waals surface area contributed by atoms with Crippen LogP contribution in [0.15, 0.2) is 52.9 Å². The third-order valence-corrected chi connectivity index (χ3v) is 4.99. The minimum atomic E-state index is 0.465. The van der Waals surface area contributed by atoms with Crippen molar-refractivity contribution in [3.05, 3.63) is 48.5 Å². The molecular formula is C24H23NO6. The van der Waals surface area contributed by atoms with Gasteiger partial charge in [-0.1, -0.05) is 12.1 Å². The van der Waals surface area contributed by atoms with E-state index >= 15 is 0 Å². The Kier molecular flexibility index (Phi) is 5.58. The molecule has 0 spiro atoms. The molecule has 0 aliphatic heterocycles. The first-order valence-electron chi connectivity index (χ1n) is 9.55. The lowest BCUT2D eigenvalue weighted by molar-refractivity contribution is 0.324. The molecule has 0 aliphatic rings. The lowest BCUT2D eigenvalue weighted by atomic mass is 10.0. The molecule has 0 N–H and O–H groups in total. The molecule has 7 nitrogen and oxygen atoms in total. The van der Waals surface area contributed by atoms with Crippen LogP contribution in [0.1, 0.15) is 0 Å². The molecular weight excluding hydrogens is 398 g/mol.